The number of nitrogens with one attached hydrogen (secondary N) is 2. The number of halogens is 2. The van der Waals surface area contributed by atoms with Crippen LogP contribution in [0.2, 0.25) is 10.0 Å². The Morgan fingerprint density at radius 1 is 1.26 bits per heavy atom. The van der Waals surface area contributed by atoms with Gasteiger partial charge < -0.3 is 10.6 Å². The highest BCUT2D eigenvalue weighted by atomic mass is 35.5. The summed E-state index contributed by atoms with van der Waals surface area (Å²) in [4.78, 5) is 4.45. The molecule has 0 spiro atoms. The monoisotopic (exact) mass is 301 g/mol. The average Bonchev–Trinajstić information content (AvgIpc) is 2.42. The van der Waals surface area contributed by atoms with E-state index in [-0.39, 0.29) is 0 Å². The van der Waals surface area contributed by atoms with E-state index < -0.39 is 0 Å². The fourth-order valence-electron chi connectivity index (χ4n) is 2.73. The molecule has 106 valence electrons. The van der Waals surface area contributed by atoms with Gasteiger partial charge in [0.15, 0.2) is 0 Å². The van der Waals surface area contributed by atoms with Crippen molar-refractivity contribution < 1.29 is 0 Å². The first-order valence-electron chi connectivity index (χ1n) is 6.94. The minimum Gasteiger partial charge on any atom is -0.372 e. The molecule has 0 aliphatic heterocycles. The summed E-state index contributed by atoms with van der Waals surface area (Å²) in [5.74, 6) is 2.22. The quantitative estimate of drug-likeness (QED) is 0.838. The second-order valence-electron chi connectivity index (χ2n) is 5.18. The highest BCUT2D eigenvalue weighted by Gasteiger charge is 2.22. The van der Waals surface area contributed by atoms with Crippen molar-refractivity contribution in [2.24, 2.45) is 5.92 Å². The normalized spacial score (nSPS) is 23.2. The summed E-state index contributed by atoms with van der Waals surface area (Å²) in [5.41, 5.74) is 0. The van der Waals surface area contributed by atoms with Gasteiger partial charge in [0, 0.05) is 13.1 Å². The van der Waals surface area contributed by atoms with Gasteiger partial charge in [-0.15, -0.1) is 0 Å². The fraction of sp³-hybridized carbons (Fsp3) is 0.643. The second-order valence-corrected chi connectivity index (χ2v) is 6.00. The molecule has 19 heavy (non-hydrogen) atoms. The van der Waals surface area contributed by atoms with E-state index in [9.17, 15) is 0 Å². The van der Waals surface area contributed by atoms with Gasteiger partial charge in [-0.05, 0) is 24.8 Å². The Morgan fingerprint density at radius 2 is 2.00 bits per heavy atom. The van der Waals surface area contributed by atoms with Gasteiger partial charge in [0.05, 0.1) is 10.0 Å². The van der Waals surface area contributed by atoms with Crippen molar-refractivity contribution in [3.8, 4) is 0 Å². The summed E-state index contributed by atoms with van der Waals surface area (Å²) in [6.07, 6.45) is 6.26. The van der Waals surface area contributed by atoms with Crippen LogP contribution >= 0.6 is 23.2 Å². The van der Waals surface area contributed by atoms with Crippen LogP contribution in [0.4, 0.5) is 11.6 Å². The van der Waals surface area contributed by atoms with Crippen LogP contribution in [-0.2, 0) is 0 Å². The van der Waals surface area contributed by atoms with Gasteiger partial charge in [0.1, 0.15) is 11.6 Å². The first kappa shape index (κ1) is 14.7. The lowest BCUT2D eigenvalue weighted by atomic mass is 9.84. The molecule has 2 rings (SSSR count). The van der Waals surface area contributed by atoms with E-state index >= 15 is 0 Å². The maximum atomic E-state index is 6.21. The SMILES string of the molecule is CCC1CCCC(Nc2nc(NC)c(Cl)cc2Cl)C1. The van der Waals surface area contributed by atoms with E-state index in [0.717, 1.165) is 11.7 Å². The van der Waals surface area contributed by atoms with Crippen LogP contribution in [-0.4, -0.2) is 18.1 Å². The van der Waals surface area contributed by atoms with Crippen molar-refractivity contribution in [1.29, 1.82) is 0 Å². The minimum absolute atomic E-state index is 0.467. The highest BCUT2D eigenvalue weighted by Crippen LogP contribution is 2.32. The zero-order valence-electron chi connectivity index (χ0n) is 11.5. The van der Waals surface area contributed by atoms with E-state index in [0.29, 0.717) is 21.9 Å². The third kappa shape index (κ3) is 3.67. The second kappa shape index (κ2) is 6.67. The van der Waals surface area contributed by atoms with Gasteiger partial charge in [0.2, 0.25) is 0 Å². The third-order valence-electron chi connectivity index (χ3n) is 3.87. The first-order chi connectivity index (χ1) is 9.13. The van der Waals surface area contributed by atoms with E-state index in [1.165, 1.54) is 32.1 Å². The maximum Gasteiger partial charge on any atom is 0.147 e. The van der Waals surface area contributed by atoms with Gasteiger partial charge >= 0.3 is 0 Å². The number of hydrogen-bond donors (Lipinski definition) is 2. The van der Waals surface area contributed by atoms with Gasteiger partial charge in [-0.25, -0.2) is 4.98 Å². The largest absolute Gasteiger partial charge is 0.372 e. The smallest absolute Gasteiger partial charge is 0.147 e. The molecule has 2 N–H and O–H groups in total. The molecule has 1 aliphatic rings. The zero-order chi connectivity index (χ0) is 13.8. The predicted molar refractivity (Wildman–Crippen MR) is 83.5 cm³/mol. The molecule has 1 fully saturated rings. The van der Waals surface area contributed by atoms with Crippen LogP contribution < -0.4 is 10.6 Å². The molecule has 0 radical (unpaired) electrons. The molecule has 0 saturated heterocycles. The first-order valence-corrected chi connectivity index (χ1v) is 7.70. The van der Waals surface area contributed by atoms with Crippen molar-refractivity contribution in [3.63, 3.8) is 0 Å². The zero-order valence-corrected chi connectivity index (χ0v) is 13.0. The summed E-state index contributed by atoms with van der Waals surface area (Å²) in [7, 11) is 1.81. The molecular formula is C14H21Cl2N3. The Hall–Kier alpha value is -0.670. The summed E-state index contributed by atoms with van der Waals surface area (Å²) in [6.45, 7) is 2.26. The fourth-order valence-corrected chi connectivity index (χ4v) is 3.24. The van der Waals surface area contributed by atoms with Gasteiger partial charge in [-0.1, -0.05) is 49.4 Å². The predicted octanol–water partition coefficient (Wildman–Crippen LogP) is 4.81. The van der Waals surface area contributed by atoms with Crippen molar-refractivity contribution >= 4 is 34.8 Å². The Bertz CT molecular complexity index is 437. The number of nitrogens with zero attached hydrogens (tertiary/aromatic N) is 1. The Labute approximate surface area is 125 Å². The Morgan fingerprint density at radius 3 is 2.68 bits per heavy atom. The van der Waals surface area contributed by atoms with Crippen LogP contribution in [0, 0.1) is 5.92 Å². The van der Waals surface area contributed by atoms with Crippen LogP contribution in [0.5, 0.6) is 0 Å². The van der Waals surface area contributed by atoms with Crippen molar-refractivity contribution in [1.82, 2.24) is 4.98 Å². The molecule has 3 nitrogen and oxygen atoms in total. The minimum atomic E-state index is 0.467. The van der Waals surface area contributed by atoms with Gasteiger partial charge in [0.25, 0.3) is 0 Å². The van der Waals surface area contributed by atoms with Crippen LogP contribution in [0.15, 0.2) is 6.07 Å². The summed E-state index contributed by atoms with van der Waals surface area (Å²) >= 11 is 12.3. The summed E-state index contributed by atoms with van der Waals surface area (Å²) in [6, 6.07) is 2.21. The van der Waals surface area contributed by atoms with Gasteiger partial charge in [-0.2, -0.15) is 0 Å². The standard InChI is InChI=1S/C14H21Cl2N3/c1-3-9-5-4-6-10(7-9)18-14-12(16)8-11(15)13(17-2)19-14/h8-10H,3-7H2,1-2H3,(H2,17,18,19). The molecule has 1 aliphatic carbocycles. The van der Waals surface area contributed by atoms with E-state index in [1.807, 2.05) is 0 Å². The van der Waals surface area contributed by atoms with Crippen molar-refractivity contribution in [2.45, 2.75) is 45.1 Å². The lowest BCUT2D eigenvalue weighted by molar-refractivity contribution is 0.327. The number of aromatic nitrogens is 1. The third-order valence-corrected chi connectivity index (χ3v) is 4.44. The summed E-state index contributed by atoms with van der Waals surface area (Å²) in [5, 5.41) is 7.59. The maximum absolute atomic E-state index is 6.21. The molecule has 2 unspecified atom stereocenters. The molecule has 1 heterocycles. The molecule has 5 heteroatoms. The molecule has 1 aromatic heterocycles. The number of hydrogen-bond acceptors (Lipinski definition) is 3. The molecular weight excluding hydrogens is 281 g/mol. The van der Waals surface area contributed by atoms with Crippen molar-refractivity contribution in [3.05, 3.63) is 16.1 Å². The van der Waals surface area contributed by atoms with Gasteiger partial charge in [-0.3, -0.25) is 0 Å². The van der Waals surface area contributed by atoms with Crippen LogP contribution in [0.3, 0.4) is 0 Å². The number of pyridine rings is 1. The molecule has 1 saturated carbocycles. The average molecular weight is 302 g/mol. The molecule has 2 atom stereocenters. The molecule has 0 amide bonds. The van der Waals surface area contributed by atoms with Crippen LogP contribution in [0.1, 0.15) is 39.0 Å². The lowest BCUT2D eigenvalue weighted by Crippen LogP contribution is -2.27. The summed E-state index contributed by atoms with van der Waals surface area (Å²) < 4.78 is 0. The van der Waals surface area contributed by atoms with E-state index in [4.69, 9.17) is 23.2 Å². The van der Waals surface area contributed by atoms with E-state index in [1.54, 1.807) is 13.1 Å². The molecule has 0 aromatic carbocycles. The molecule has 0 bridgehead atoms. The lowest BCUT2D eigenvalue weighted by Gasteiger charge is -2.29. The Kier molecular flexibility index (Phi) is 5.17. The number of rotatable bonds is 4. The number of anilines is 2. The highest BCUT2D eigenvalue weighted by molar-refractivity contribution is 6.37. The topological polar surface area (TPSA) is 37.0 Å². The Balaban J connectivity index is 2.10. The van der Waals surface area contributed by atoms with Crippen LogP contribution in [0.25, 0.3) is 0 Å². The van der Waals surface area contributed by atoms with Crippen molar-refractivity contribution in [2.75, 3.05) is 17.7 Å². The molecule has 1 aromatic rings. The van der Waals surface area contributed by atoms with E-state index in [2.05, 4.69) is 22.5 Å².